The van der Waals surface area contributed by atoms with Gasteiger partial charge in [0, 0.05) is 18.5 Å². The van der Waals surface area contributed by atoms with E-state index in [4.69, 9.17) is 11.6 Å². The summed E-state index contributed by atoms with van der Waals surface area (Å²) in [5, 5.41) is 0. The molecule has 0 saturated carbocycles. The third-order valence-corrected chi connectivity index (χ3v) is 3.81. The number of anilines is 1. The first-order chi connectivity index (χ1) is 8.38. The van der Waals surface area contributed by atoms with Gasteiger partial charge in [0.2, 0.25) is 5.95 Å². The van der Waals surface area contributed by atoms with Crippen LogP contribution in [0.4, 0.5) is 5.95 Å². The molecule has 1 saturated heterocycles. The fourth-order valence-electron chi connectivity index (χ4n) is 2.52. The number of halogens is 1. The second-order valence-corrected chi connectivity index (χ2v) is 4.88. The summed E-state index contributed by atoms with van der Waals surface area (Å²) in [4.78, 5) is 10.3. The van der Waals surface area contributed by atoms with Crippen LogP contribution in [0.1, 0.15) is 19.3 Å². The number of fused-ring (bicyclic) bond motifs is 1. The van der Waals surface area contributed by atoms with Gasteiger partial charge in [-0.1, -0.05) is 12.1 Å². The number of aromatic nitrogens is 2. The number of aromatic amines is 1. The van der Waals surface area contributed by atoms with Crippen LogP contribution in [-0.2, 0) is 0 Å². The molecule has 90 valence electrons. The second kappa shape index (κ2) is 4.57. The van der Waals surface area contributed by atoms with Crippen LogP contribution in [0.3, 0.4) is 0 Å². The number of imidazole rings is 1. The average Bonchev–Trinajstić information content (AvgIpc) is 2.82. The molecule has 1 fully saturated rings. The summed E-state index contributed by atoms with van der Waals surface area (Å²) >= 11 is 6.04. The van der Waals surface area contributed by atoms with Crippen molar-refractivity contribution in [3.8, 4) is 0 Å². The quantitative estimate of drug-likeness (QED) is 0.830. The van der Waals surface area contributed by atoms with Gasteiger partial charge >= 0.3 is 0 Å². The average molecular weight is 250 g/mol. The van der Waals surface area contributed by atoms with Crippen molar-refractivity contribution in [3.05, 3.63) is 24.3 Å². The van der Waals surface area contributed by atoms with Crippen LogP contribution in [-0.4, -0.2) is 28.4 Å². The minimum Gasteiger partial charge on any atom is -0.338 e. The number of piperidine rings is 1. The maximum Gasteiger partial charge on any atom is 0.204 e. The summed E-state index contributed by atoms with van der Waals surface area (Å²) in [5.74, 6) is 1.65. The molecule has 0 amide bonds. The first kappa shape index (κ1) is 10.9. The predicted molar refractivity (Wildman–Crippen MR) is 71.8 cm³/mol. The van der Waals surface area contributed by atoms with Gasteiger partial charge in [0.15, 0.2) is 0 Å². The fourth-order valence-corrected chi connectivity index (χ4v) is 2.84. The molecule has 1 aromatic heterocycles. The minimum atomic E-state index is 0.422. The van der Waals surface area contributed by atoms with E-state index in [9.17, 15) is 0 Å². The van der Waals surface area contributed by atoms with Crippen LogP contribution in [0, 0.1) is 0 Å². The van der Waals surface area contributed by atoms with Gasteiger partial charge < -0.3 is 9.88 Å². The molecule has 0 radical (unpaired) electrons. The third kappa shape index (κ3) is 2.00. The van der Waals surface area contributed by atoms with Gasteiger partial charge in [-0.3, -0.25) is 0 Å². The zero-order chi connectivity index (χ0) is 11.7. The number of hydrogen-bond acceptors (Lipinski definition) is 2. The molecule has 1 unspecified atom stereocenters. The van der Waals surface area contributed by atoms with E-state index in [0.29, 0.717) is 11.9 Å². The molecule has 1 atom stereocenters. The van der Waals surface area contributed by atoms with Gasteiger partial charge in [-0.05, 0) is 31.4 Å². The van der Waals surface area contributed by atoms with Crippen molar-refractivity contribution < 1.29 is 0 Å². The summed E-state index contributed by atoms with van der Waals surface area (Å²) < 4.78 is 0. The highest BCUT2D eigenvalue weighted by Gasteiger charge is 2.23. The molecule has 2 heterocycles. The highest BCUT2D eigenvalue weighted by atomic mass is 35.5. The second-order valence-electron chi connectivity index (χ2n) is 4.57. The van der Waals surface area contributed by atoms with Crippen LogP contribution in [0.25, 0.3) is 11.0 Å². The van der Waals surface area contributed by atoms with E-state index in [2.05, 4.69) is 20.9 Å². The Balaban J connectivity index is 1.96. The van der Waals surface area contributed by atoms with Gasteiger partial charge in [-0.15, -0.1) is 11.6 Å². The molecule has 0 spiro atoms. The fraction of sp³-hybridized carbons (Fsp3) is 0.462. The first-order valence-electron chi connectivity index (χ1n) is 6.16. The predicted octanol–water partition coefficient (Wildman–Crippen LogP) is 3.16. The van der Waals surface area contributed by atoms with Crippen LogP contribution >= 0.6 is 11.6 Å². The standard InChI is InChI=1S/C13H16ClN3/c14-9-10-5-3-4-8-17(10)13-15-11-6-1-2-7-12(11)16-13/h1-2,6-7,10H,3-5,8-9H2,(H,15,16). The Hall–Kier alpha value is -1.22. The molecule has 3 nitrogen and oxygen atoms in total. The Morgan fingerprint density at radius 1 is 1.35 bits per heavy atom. The monoisotopic (exact) mass is 249 g/mol. The van der Waals surface area contributed by atoms with Gasteiger partial charge in [0.05, 0.1) is 11.0 Å². The van der Waals surface area contributed by atoms with E-state index in [1.807, 2.05) is 18.2 Å². The van der Waals surface area contributed by atoms with E-state index in [1.165, 1.54) is 19.3 Å². The molecule has 17 heavy (non-hydrogen) atoms. The summed E-state index contributed by atoms with van der Waals surface area (Å²) in [7, 11) is 0. The van der Waals surface area contributed by atoms with E-state index >= 15 is 0 Å². The normalized spacial score (nSPS) is 21.0. The highest BCUT2D eigenvalue weighted by Crippen LogP contribution is 2.25. The number of nitrogens with zero attached hydrogens (tertiary/aromatic N) is 2. The summed E-state index contributed by atoms with van der Waals surface area (Å²) in [5.41, 5.74) is 2.13. The summed E-state index contributed by atoms with van der Waals surface area (Å²) in [6, 6.07) is 8.56. The molecule has 1 aliphatic rings. The molecule has 1 N–H and O–H groups in total. The van der Waals surface area contributed by atoms with Crippen molar-refractivity contribution >= 4 is 28.6 Å². The third-order valence-electron chi connectivity index (χ3n) is 3.45. The number of hydrogen-bond donors (Lipinski definition) is 1. The number of alkyl halides is 1. The molecule has 0 bridgehead atoms. The van der Waals surface area contributed by atoms with E-state index in [-0.39, 0.29) is 0 Å². The first-order valence-corrected chi connectivity index (χ1v) is 6.69. The smallest absolute Gasteiger partial charge is 0.204 e. The van der Waals surface area contributed by atoms with E-state index in [1.54, 1.807) is 0 Å². The maximum absolute atomic E-state index is 6.04. The number of benzene rings is 1. The lowest BCUT2D eigenvalue weighted by atomic mass is 10.0. The van der Waals surface area contributed by atoms with Crippen molar-refractivity contribution in [3.63, 3.8) is 0 Å². The number of nitrogens with one attached hydrogen (secondary N) is 1. The van der Waals surface area contributed by atoms with Gasteiger partial charge in [-0.25, -0.2) is 4.98 Å². The topological polar surface area (TPSA) is 31.9 Å². The summed E-state index contributed by atoms with van der Waals surface area (Å²) in [6.45, 7) is 1.05. The number of H-pyrrole nitrogens is 1. The molecule has 3 rings (SSSR count). The zero-order valence-electron chi connectivity index (χ0n) is 9.69. The Morgan fingerprint density at radius 2 is 2.24 bits per heavy atom. The van der Waals surface area contributed by atoms with Crippen molar-refractivity contribution in [2.45, 2.75) is 25.3 Å². The van der Waals surface area contributed by atoms with E-state index in [0.717, 1.165) is 23.5 Å². The van der Waals surface area contributed by atoms with Crippen molar-refractivity contribution in [1.82, 2.24) is 9.97 Å². The van der Waals surface area contributed by atoms with Crippen LogP contribution in [0.2, 0.25) is 0 Å². The Morgan fingerprint density at radius 3 is 3.06 bits per heavy atom. The lowest BCUT2D eigenvalue weighted by Crippen LogP contribution is -2.41. The molecule has 1 aromatic carbocycles. The SMILES string of the molecule is ClCC1CCCCN1c1nc2ccccc2[nH]1. The van der Waals surface area contributed by atoms with Gasteiger partial charge in [0.1, 0.15) is 0 Å². The molecule has 4 heteroatoms. The molecule has 2 aromatic rings. The van der Waals surface area contributed by atoms with Crippen LogP contribution in [0.5, 0.6) is 0 Å². The van der Waals surface area contributed by atoms with E-state index < -0.39 is 0 Å². The molecule has 0 aliphatic carbocycles. The highest BCUT2D eigenvalue weighted by molar-refractivity contribution is 6.18. The van der Waals surface area contributed by atoms with Crippen LogP contribution in [0.15, 0.2) is 24.3 Å². The van der Waals surface area contributed by atoms with Crippen molar-refractivity contribution in [1.29, 1.82) is 0 Å². The zero-order valence-corrected chi connectivity index (χ0v) is 10.5. The lowest BCUT2D eigenvalue weighted by molar-refractivity contribution is 0.482. The molecular formula is C13H16ClN3. The number of rotatable bonds is 2. The number of para-hydroxylation sites is 2. The van der Waals surface area contributed by atoms with Gasteiger partial charge in [0.25, 0.3) is 0 Å². The Bertz CT molecular complexity index is 475. The Kier molecular flexibility index (Phi) is 2.93. The summed E-state index contributed by atoms with van der Waals surface area (Å²) in [6.07, 6.45) is 3.67. The minimum absolute atomic E-state index is 0.422. The largest absolute Gasteiger partial charge is 0.338 e. The molecular weight excluding hydrogens is 234 g/mol. The Labute approximate surface area is 106 Å². The van der Waals surface area contributed by atoms with Crippen LogP contribution < -0.4 is 4.90 Å². The molecule has 1 aliphatic heterocycles. The lowest BCUT2D eigenvalue weighted by Gasteiger charge is -2.34. The maximum atomic E-state index is 6.04. The van der Waals surface area contributed by atoms with Crippen molar-refractivity contribution in [2.75, 3.05) is 17.3 Å². The van der Waals surface area contributed by atoms with Gasteiger partial charge in [-0.2, -0.15) is 0 Å². The van der Waals surface area contributed by atoms with Crippen molar-refractivity contribution in [2.24, 2.45) is 0 Å².